The molecule has 0 radical (unpaired) electrons. The number of amides is 1. The van der Waals surface area contributed by atoms with Crippen molar-refractivity contribution in [3.8, 4) is 0 Å². The first kappa shape index (κ1) is 26.5. The number of piperazine rings is 1. The summed E-state index contributed by atoms with van der Waals surface area (Å²) in [6, 6.07) is 5.01. The van der Waals surface area contributed by atoms with Gasteiger partial charge in [0.1, 0.15) is 5.84 Å². The van der Waals surface area contributed by atoms with Crippen LogP contribution >= 0.6 is 11.3 Å². The fraction of sp³-hybridized carbons (Fsp3) is 0.417. The Hall–Kier alpha value is -3.73. The van der Waals surface area contributed by atoms with E-state index in [0.29, 0.717) is 52.6 Å². The molecule has 5 heterocycles. The normalized spacial score (nSPS) is 20.1. The number of hydrogen-bond acceptors (Lipinski definition) is 10. The van der Waals surface area contributed by atoms with Crippen molar-refractivity contribution in [2.75, 3.05) is 19.6 Å². The number of nitrogens with one attached hydrogen (secondary N) is 3. The average Bonchev–Trinajstić information content (AvgIpc) is 3.70. The summed E-state index contributed by atoms with van der Waals surface area (Å²) in [5.74, 6) is 0.218. The molecular formula is C24H29N11O3S2. The summed E-state index contributed by atoms with van der Waals surface area (Å²) >= 11 is 1.40. The van der Waals surface area contributed by atoms with Crippen LogP contribution in [0, 0.1) is 5.41 Å². The SMILES string of the molecule is CC1Cc2nc(C(=O)N3CCN(S(=O)(=O)n4cc5ccc(C(=N)N)cc5c4)CC3CCc3nn[nH]n3)sc2CN1. The van der Waals surface area contributed by atoms with Gasteiger partial charge in [-0.15, -0.1) is 21.5 Å². The van der Waals surface area contributed by atoms with Crippen molar-refractivity contribution in [3.05, 3.63) is 57.6 Å². The molecule has 2 aliphatic rings. The molecule has 210 valence electrons. The second kappa shape index (κ2) is 10.3. The number of carbonyl (C=O) groups is 1. The molecule has 2 unspecified atom stereocenters. The standard InChI is InChI=1S/C24H29N11O3S2/c1-14-8-19-20(10-27-14)39-23(28-19)24(36)35-7-6-33(13-18(35)4-5-21-29-31-32-30-21)40(37,38)34-11-16-3-2-15(22(25)26)9-17(16)12-34/h2-3,9,11-12,14,18,27H,4-8,10,13H2,1H3,(H3,25,26)(H,29,30,31,32). The van der Waals surface area contributed by atoms with E-state index in [1.165, 1.54) is 25.8 Å². The number of amidine groups is 1. The van der Waals surface area contributed by atoms with Crippen LogP contribution in [-0.2, 0) is 29.6 Å². The fourth-order valence-electron chi connectivity index (χ4n) is 5.21. The Morgan fingerprint density at radius 3 is 2.85 bits per heavy atom. The molecule has 40 heavy (non-hydrogen) atoms. The van der Waals surface area contributed by atoms with Gasteiger partial charge >= 0.3 is 10.2 Å². The Kier molecular flexibility index (Phi) is 6.85. The van der Waals surface area contributed by atoms with Gasteiger partial charge in [0.25, 0.3) is 5.91 Å². The van der Waals surface area contributed by atoms with E-state index in [1.807, 2.05) is 0 Å². The predicted octanol–water partition coefficient (Wildman–Crippen LogP) is 0.481. The molecule has 1 saturated heterocycles. The number of rotatable bonds is 7. The van der Waals surface area contributed by atoms with Gasteiger partial charge in [-0.2, -0.15) is 17.9 Å². The molecule has 16 heteroatoms. The van der Waals surface area contributed by atoms with Gasteiger partial charge < -0.3 is 16.0 Å². The molecule has 0 saturated carbocycles. The van der Waals surface area contributed by atoms with E-state index in [2.05, 4.69) is 37.8 Å². The zero-order valence-corrected chi connectivity index (χ0v) is 23.4. The van der Waals surface area contributed by atoms with Crippen molar-refractivity contribution in [3.63, 3.8) is 0 Å². The van der Waals surface area contributed by atoms with Crippen LogP contribution in [0.4, 0.5) is 0 Å². The van der Waals surface area contributed by atoms with Crippen molar-refractivity contribution in [1.82, 2.24) is 44.1 Å². The predicted molar refractivity (Wildman–Crippen MR) is 148 cm³/mol. The highest BCUT2D eigenvalue weighted by Crippen LogP contribution is 2.28. The maximum Gasteiger partial charge on any atom is 0.307 e. The minimum atomic E-state index is -3.93. The first-order valence-corrected chi connectivity index (χ1v) is 15.1. The molecule has 0 bridgehead atoms. The molecule has 0 spiro atoms. The number of nitrogen functional groups attached to an aromatic ring is 1. The Morgan fingerprint density at radius 1 is 1.25 bits per heavy atom. The number of nitrogens with two attached hydrogens (primary N) is 1. The third kappa shape index (κ3) is 4.98. The maximum absolute atomic E-state index is 13.7. The zero-order chi connectivity index (χ0) is 28.0. The number of aromatic amines is 1. The van der Waals surface area contributed by atoms with Gasteiger partial charge in [0, 0.05) is 84.7 Å². The Labute approximate surface area is 234 Å². The minimum absolute atomic E-state index is 0.0883. The lowest BCUT2D eigenvalue weighted by Gasteiger charge is -2.40. The van der Waals surface area contributed by atoms with Crippen LogP contribution in [0.3, 0.4) is 0 Å². The second-order valence-corrected chi connectivity index (χ2v) is 13.0. The lowest BCUT2D eigenvalue weighted by molar-refractivity contribution is 0.0549. The molecule has 1 amide bonds. The number of fused-ring (bicyclic) bond motifs is 2. The van der Waals surface area contributed by atoms with Gasteiger partial charge in [0.15, 0.2) is 10.8 Å². The first-order chi connectivity index (χ1) is 19.2. The quantitative estimate of drug-likeness (QED) is 0.177. The molecule has 14 nitrogen and oxygen atoms in total. The van der Waals surface area contributed by atoms with Crippen molar-refractivity contribution in [2.45, 2.75) is 44.8 Å². The number of nitrogens with zero attached hydrogens (tertiary/aromatic N) is 7. The van der Waals surface area contributed by atoms with Crippen LogP contribution < -0.4 is 11.1 Å². The van der Waals surface area contributed by atoms with E-state index in [0.717, 1.165) is 17.0 Å². The minimum Gasteiger partial charge on any atom is -0.384 e. The van der Waals surface area contributed by atoms with Crippen LogP contribution in [0.5, 0.6) is 0 Å². The van der Waals surface area contributed by atoms with Gasteiger partial charge in [-0.1, -0.05) is 17.3 Å². The molecule has 4 aromatic rings. The molecule has 3 aromatic heterocycles. The number of benzene rings is 1. The summed E-state index contributed by atoms with van der Waals surface area (Å²) in [4.78, 5) is 21.2. The summed E-state index contributed by atoms with van der Waals surface area (Å²) in [7, 11) is -3.93. The maximum atomic E-state index is 13.7. The van der Waals surface area contributed by atoms with Gasteiger partial charge in [-0.05, 0) is 19.4 Å². The highest BCUT2D eigenvalue weighted by molar-refractivity contribution is 7.87. The molecule has 2 atom stereocenters. The Morgan fingerprint density at radius 2 is 2.08 bits per heavy atom. The summed E-state index contributed by atoms with van der Waals surface area (Å²) in [6.07, 6.45) is 4.73. The number of tetrazole rings is 1. The van der Waals surface area contributed by atoms with Crippen molar-refractivity contribution in [1.29, 1.82) is 5.41 Å². The number of H-pyrrole nitrogens is 1. The number of thiazole rings is 1. The van der Waals surface area contributed by atoms with Gasteiger partial charge in [-0.25, -0.2) is 8.96 Å². The topological polar surface area (TPSA) is 192 Å². The third-order valence-electron chi connectivity index (χ3n) is 7.39. The summed E-state index contributed by atoms with van der Waals surface area (Å²) in [5, 5.41) is 26.9. The second-order valence-electron chi connectivity index (χ2n) is 10.1. The number of aromatic nitrogens is 6. The molecule has 1 aromatic carbocycles. The first-order valence-electron chi connectivity index (χ1n) is 12.9. The van der Waals surface area contributed by atoms with Crippen LogP contribution in [-0.4, -0.2) is 90.7 Å². The van der Waals surface area contributed by atoms with Gasteiger partial charge in [-0.3, -0.25) is 10.2 Å². The van der Waals surface area contributed by atoms with E-state index < -0.39 is 16.3 Å². The van der Waals surface area contributed by atoms with Crippen molar-refractivity contribution in [2.24, 2.45) is 5.73 Å². The van der Waals surface area contributed by atoms with Crippen LogP contribution in [0.15, 0.2) is 30.6 Å². The van der Waals surface area contributed by atoms with E-state index >= 15 is 0 Å². The lowest BCUT2D eigenvalue weighted by atomic mass is 10.1. The molecule has 1 fully saturated rings. The largest absolute Gasteiger partial charge is 0.384 e. The molecule has 5 N–H and O–H groups in total. The smallest absolute Gasteiger partial charge is 0.307 e. The van der Waals surface area contributed by atoms with Crippen LogP contribution in [0.25, 0.3) is 10.8 Å². The lowest BCUT2D eigenvalue weighted by Crippen LogP contribution is -2.57. The summed E-state index contributed by atoms with van der Waals surface area (Å²) < 4.78 is 30.0. The Balaban J connectivity index is 1.26. The number of hydrogen-bond donors (Lipinski definition) is 4. The van der Waals surface area contributed by atoms with Gasteiger partial charge in [0.05, 0.1) is 5.69 Å². The molecule has 0 aliphatic carbocycles. The number of aryl methyl sites for hydroxylation is 1. The van der Waals surface area contributed by atoms with E-state index in [-0.39, 0.29) is 31.4 Å². The Bertz CT molecular complexity index is 1680. The molecule has 2 aliphatic heterocycles. The molecular weight excluding hydrogens is 554 g/mol. The van der Waals surface area contributed by atoms with Crippen molar-refractivity contribution >= 4 is 44.1 Å². The van der Waals surface area contributed by atoms with E-state index in [1.54, 1.807) is 29.3 Å². The van der Waals surface area contributed by atoms with Crippen molar-refractivity contribution < 1.29 is 13.2 Å². The van der Waals surface area contributed by atoms with Crippen LogP contribution in [0.1, 0.15) is 45.1 Å². The highest BCUT2D eigenvalue weighted by atomic mass is 32.2. The highest BCUT2D eigenvalue weighted by Gasteiger charge is 2.38. The zero-order valence-electron chi connectivity index (χ0n) is 21.7. The fourth-order valence-corrected chi connectivity index (χ4v) is 7.64. The summed E-state index contributed by atoms with van der Waals surface area (Å²) in [5.41, 5.74) is 7.08. The van der Waals surface area contributed by atoms with Gasteiger partial charge in [0.2, 0.25) is 0 Å². The van der Waals surface area contributed by atoms with E-state index in [4.69, 9.17) is 11.1 Å². The average molecular weight is 584 g/mol. The molecule has 6 rings (SSSR count). The monoisotopic (exact) mass is 583 g/mol. The third-order valence-corrected chi connectivity index (χ3v) is 10.2. The van der Waals surface area contributed by atoms with Crippen LogP contribution in [0.2, 0.25) is 0 Å². The number of carbonyl (C=O) groups excluding carboxylic acids is 1. The summed E-state index contributed by atoms with van der Waals surface area (Å²) in [6.45, 7) is 3.26. The van der Waals surface area contributed by atoms with E-state index in [9.17, 15) is 13.2 Å².